The molecule has 0 unspecified atom stereocenters. The number of nitrogens with one attached hydrogen (secondary N) is 1. The Morgan fingerprint density at radius 3 is 2.19 bits per heavy atom. The average molecular weight is 383 g/mol. The molecule has 0 heterocycles. The molecule has 0 aliphatic carbocycles. The van der Waals surface area contributed by atoms with Crippen molar-refractivity contribution in [3.05, 3.63) is 65.5 Å². The molecule has 0 saturated carbocycles. The number of allylic oxidation sites excluding steroid dienone is 4. The number of benzene rings is 1. The minimum Gasteiger partial charge on any atom is -0.457 e. The van der Waals surface area contributed by atoms with Crippen LogP contribution in [0.4, 0.5) is 13.2 Å². The molecule has 5 heteroatoms. The molecular formula is C22H32F3NO. The smallest absolute Gasteiger partial charge is 0.416 e. The molecular weight excluding hydrogens is 351 g/mol. The number of halogens is 3. The van der Waals surface area contributed by atoms with Crippen molar-refractivity contribution >= 4 is 0 Å². The summed E-state index contributed by atoms with van der Waals surface area (Å²) in [5.74, 6) is 0.962. The molecule has 0 aromatic heterocycles. The Morgan fingerprint density at radius 1 is 1.19 bits per heavy atom. The van der Waals surface area contributed by atoms with Crippen molar-refractivity contribution in [1.29, 1.82) is 0 Å². The Labute approximate surface area is 161 Å². The van der Waals surface area contributed by atoms with Crippen LogP contribution in [0.1, 0.15) is 51.7 Å². The van der Waals surface area contributed by atoms with E-state index in [0.29, 0.717) is 17.1 Å². The molecule has 1 N–H and O–H groups in total. The minimum absolute atomic E-state index is 0.402. The monoisotopic (exact) mass is 383 g/mol. The van der Waals surface area contributed by atoms with E-state index in [4.69, 9.17) is 4.74 Å². The zero-order chi connectivity index (χ0) is 20.9. The molecule has 2 nitrogen and oxygen atoms in total. The number of ether oxygens (including phenoxy) is 1. The Bertz CT molecular complexity index is 627. The first kappa shape index (κ1) is 25.0. The first-order valence-corrected chi connectivity index (χ1v) is 9.22. The van der Waals surface area contributed by atoms with Crippen molar-refractivity contribution in [1.82, 2.24) is 5.32 Å². The molecule has 27 heavy (non-hydrogen) atoms. The maximum atomic E-state index is 12.6. The first-order valence-electron chi connectivity index (χ1n) is 9.22. The van der Waals surface area contributed by atoms with Crippen LogP contribution >= 0.6 is 0 Å². The highest BCUT2D eigenvalue weighted by atomic mass is 19.4. The van der Waals surface area contributed by atoms with E-state index in [9.17, 15) is 13.2 Å². The van der Waals surface area contributed by atoms with E-state index in [1.807, 2.05) is 6.92 Å². The average Bonchev–Trinajstić information content (AvgIpc) is 2.62. The van der Waals surface area contributed by atoms with E-state index < -0.39 is 11.7 Å². The van der Waals surface area contributed by atoms with Crippen LogP contribution in [0.5, 0.6) is 5.75 Å². The molecule has 1 aromatic rings. The molecule has 1 aromatic carbocycles. The van der Waals surface area contributed by atoms with Crippen LogP contribution in [-0.4, -0.2) is 13.1 Å². The lowest BCUT2D eigenvalue weighted by molar-refractivity contribution is -0.137. The van der Waals surface area contributed by atoms with E-state index >= 15 is 0 Å². The normalized spacial score (nSPS) is 12.3. The second-order valence-corrected chi connectivity index (χ2v) is 6.11. The van der Waals surface area contributed by atoms with E-state index in [1.54, 1.807) is 32.1 Å². The van der Waals surface area contributed by atoms with Crippen LogP contribution in [-0.2, 0) is 6.18 Å². The van der Waals surface area contributed by atoms with Crippen molar-refractivity contribution in [2.75, 3.05) is 13.1 Å². The zero-order valence-corrected chi connectivity index (χ0v) is 17.0. The van der Waals surface area contributed by atoms with Gasteiger partial charge in [-0.3, -0.25) is 0 Å². The summed E-state index contributed by atoms with van der Waals surface area (Å²) in [6, 6.07) is 3.42. The lowest BCUT2D eigenvalue weighted by atomic mass is 10.1. The Hall–Kier alpha value is -2.01. The molecule has 0 bridgehead atoms. The number of alkyl halides is 3. The first-order chi connectivity index (χ1) is 12.7. The molecule has 1 rings (SSSR count). The third-order valence-electron chi connectivity index (χ3n) is 3.56. The van der Waals surface area contributed by atoms with Gasteiger partial charge < -0.3 is 10.1 Å². The summed E-state index contributed by atoms with van der Waals surface area (Å²) in [5.41, 5.74) is 0.661. The number of rotatable bonds is 8. The molecule has 0 fully saturated rings. The van der Waals surface area contributed by atoms with E-state index in [-0.39, 0.29) is 0 Å². The van der Waals surface area contributed by atoms with Crippen LogP contribution in [0.15, 0.2) is 54.3 Å². The molecule has 0 amide bonds. The number of aryl methyl sites for hydroxylation is 1. The summed E-state index contributed by atoms with van der Waals surface area (Å²) < 4.78 is 43.3. The van der Waals surface area contributed by atoms with Gasteiger partial charge in [-0.05, 0) is 88.2 Å². The van der Waals surface area contributed by atoms with E-state index in [1.165, 1.54) is 32.0 Å². The molecule has 0 aliphatic heterocycles. The van der Waals surface area contributed by atoms with Gasteiger partial charge in [0.1, 0.15) is 11.5 Å². The van der Waals surface area contributed by atoms with Gasteiger partial charge in [0.15, 0.2) is 0 Å². The number of hydrogen-bond acceptors (Lipinski definition) is 2. The molecule has 0 radical (unpaired) electrons. The lowest BCUT2D eigenvalue weighted by Gasteiger charge is -2.12. The lowest BCUT2D eigenvalue weighted by Crippen LogP contribution is -2.14. The molecule has 0 saturated heterocycles. The van der Waals surface area contributed by atoms with Crippen molar-refractivity contribution in [2.24, 2.45) is 0 Å². The van der Waals surface area contributed by atoms with Crippen molar-refractivity contribution < 1.29 is 17.9 Å². The van der Waals surface area contributed by atoms with Crippen LogP contribution in [0.25, 0.3) is 0 Å². The topological polar surface area (TPSA) is 21.3 Å². The predicted octanol–water partition coefficient (Wildman–Crippen LogP) is 6.82. The highest BCUT2D eigenvalue weighted by Gasteiger charge is 2.30. The fourth-order valence-corrected chi connectivity index (χ4v) is 2.00. The summed E-state index contributed by atoms with van der Waals surface area (Å²) in [5, 5.41) is 3.28. The number of hydrogen-bond donors (Lipinski definition) is 1. The van der Waals surface area contributed by atoms with Gasteiger partial charge in [0.2, 0.25) is 0 Å². The fraction of sp³-hybridized carbons (Fsp3) is 0.455. The molecule has 0 atom stereocenters. The van der Waals surface area contributed by atoms with Gasteiger partial charge in [0.05, 0.1) is 5.56 Å². The Morgan fingerprint density at radius 2 is 1.78 bits per heavy atom. The maximum Gasteiger partial charge on any atom is 0.416 e. The summed E-state index contributed by atoms with van der Waals surface area (Å²) in [6.45, 7) is 15.6. The Balaban J connectivity index is 0.000000821. The largest absolute Gasteiger partial charge is 0.457 e. The summed E-state index contributed by atoms with van der Waals surface area (Å²) in [6.07, 6.45) is 3.34. The van der Waals surface area contributed by atoms with Gasteiger partial charge in [0, 0.05) is 0 Å². The van der Waals surface area contributed by atoms with Crippen molar-refractivity contribution in [2.45, 2.75) is 53.6 Å². The zero-order valence-electron chi connectivity index (χ0n) is 17.0. The van der Waals surface area contributed by atoms with Gasteiger partial charge in [-0.2, -0.15) is 13.2 Å². The van der Waals surface area contributed by atoms with Gasteiger partial charge >= 0.3 is 6.18 Å². The minimum atomic E-state index is -4.34. The van der Waals surface area contributed by atoms with Crippen molar-refractivity contribution in [3.63, 3.8) is 0 Å². The molecule has 0 spiro atoms. The summed E-state index contributed by atoms with van der Waals surface area (Å²) in [7, 11) is 0. The fourth-order valence-electron chi connectivity index (χ4n) is 2.00. The highest BCUT2D eigenvalue weighted by molar-refractivity contribution is 5.39. The van der Waals surface area contributed by atoms with Crippen molar-refractivity contribution in [3.8, 4) is 5.75 Å². The predicted molar refractivity (Wildman–Crippen MR) is 108 cm³/mol. The quantitative estimate of drug-likeness (QED) is 0.302. The van der Waals surface area contributed by atoms with Crippen LogP contribution in [0, 0.1) is 6.92 Å². The van der Waals surface area contributed by atoms with Crippen LogP contribution in [0.3, 0.4) is 0 Å². The summed E-state index contributed by atoms with van der Waals surface area (Å²) >= 11 is 0. The van der Waals surface area contributed by atoms with Crippen LogP contribution in [0.2, 0.25) is 0 Å². The second kappa shape index (κ2) is 13.2. The maximum absolute atomic E-state index is 12.6. The molecule has 0 aliphatic rings. The van der Waals surface area contributed by atoms with Gasteiger partial charge in [-0.1, -0.05) is 26.5 Å². The van der Waals surface area contributed by atoms with Gasteiger partial charge in [0.25, 0.3) is 0 Å². The second-order valence-electron chi connectivity index (χ2n) is 6.11. The molecule has 152 valence electrons. The standard InChI is InChI=1S/C16H17F3O.C6H15N/c1-5-11(3)9-14(6-2)20-15-8-7-13(10-12(15)4)16(17,18)19;1-3-5-7-6-4-2/h5-10H,1H2,2-4H3;7H,3-6H2,1-2H3/b11-9-,14-6+;. The van der Waals surface area contributed by atoms with Crippen LogP contribution < -0.4 is 10.1 Å². The van der Waals surface area contributed by atoms with E-state index in [2.05, 4.69) is 25.7 Å². The third kappa shape index (κ3) is 10.7. The van der Waals surface area contributed by atoms with E-state index in [0.717, 1.165) is 17.7 Å². The summed E-state index contributed by atoms with van der Waals surface area (Å²) in [4.78, 5) is 0. The Kier molecular flexibility index (Phi) is 12.2. The van der Waals surface area contributed by atoms with Gasteiger partial charge in [-0.25, -0.2) is 0 Å². The van der Waals surface area contributed by atoms with Gasteiger partial charge in [-0.15, -0.1) is 0 Å². The SMILES string of the molecule is C=C/C(C)=C\C(=C/C)Oc1ccc(C(F)(F)F)cc1C.CCCNCCC. The third-order valence-corrected chi connectivity index (χ3v) is 3.56. The highest BCUT2D eigenvalue weighted by Crippen LogP contribution is 2.32.